The first-order valence-electron chi connectivity index (χ1n) is 7.79. The smallest absolute Gasteiger partial charge is 0.227 e. The van der Waals surface area contributed by atoms with Crippen LogP contribution in [0.25, 0.3) is 33.9 Å². The monoisotopic (exact) mass is 333 g/mol. The first-order chi connectivity index (χ1) is 12.2. The number of hydrogen-bond acceptors (Lipinski definition) is 5. The van der Waals surface area contributed by atoms with Gasteiger partial charge in [-0.25, -0.2) is 4.98 Å². The normalized spacial score (nSPS) is 11.0. The molecule has 4 aromatic rings. The maximum atomic E-state index is 10.8. The zero-order valence-corrected chi connectivity index (χ0v) is 13.8. The number of nitrogens with zero attached hydrogens (tertiary/aromatic N) is 1. The molecule has 2 aromatic carbocycles. The molecule has 4 rings (SSSR count). The van der Waals surface area contributed by atoms with Crippen molar-refractivity contribution < 1.29 is 18.4 Å². The van der Waals surface area contributed by atoms with Crippen LogP contribution in [0.15, 0.2) is 57.4 Å². The summed E-state index contributed by atoms with van der Waals surface area (Å²) < 4.78 is 16.7. The second-order valence-corrected chi connectivity index (χ2v) is 5.65. The van der Waals surface area contributed by atoms with Gasteiger partial charge >= 0.3 is 0 Å². The van der Waals surface area contributed by atoms with Crippen LogP contribution in [-0.4, -0.2) is 18.4 Å². The van der Waals surface area contributed by atoms with Crippen molar-refractivity contribution in [2.75, 3.05) is 7.11 Å². The fourth-order valence-corrected chi connectivity index (χ4v) is 2.84. The Labute approximate surface area is 143 Å². The molecule has 0 bridgehead atoms. The van der Waals surface area contributed by atoms with Gasteiger partial charge in [-0.15, -0.1) is 0 Å². The highest BCUT2D eigenvalue weighted by Crippen LogP contribution is 2.34. The molecule has 0 aliphatic heterocycles. The number of oxazole rings is 1. The van der Waals surface area contributed by atoms with E-state index in [1.807, 2.05) is 43.3 Å². The van der Waals surface area contributed by atoms with Crippen molar-refractivity contribution >= 4 is 17.4 Å². The SMILES string of the molecule is COc1ccc2oc(-c3cccc(-c4ccc(C=O)o4)c3C)nc2c1. The molecule has 0 fully saturated rings. The summed E-state index contributed by atoms with van der Waals surface area (Å²) in [6.07, 6.45) is 0.691. The maximum absolute atomic E-state index is 10.8. The predicted molar refractivity (Wildman–Crippen MR) is 93.8 cm³/mol. The molecule has 0 amide bonds. The van der Waals surface area contributed by atoms with Crippen LogP contribution < -0.4 is 4.74 Å². The molecule has 2 aromatic heterocycles. The highest BCUT2D eigenvalue weighted by atomic mass is 16.5. The van der Waals surface area contributed by atoms with Gasteiger partial charge in [0, 0.05) is 17.2 Å². The summed E-state index contributed by atoms with van der Waals surface area (Å²) in [4.78, 5) is 15.4. The highest BCUT2D eigenvalue weighted by Gasteiger charge is 2.15. The summed E-state index contributed by atoms with van der Waals surface area (Å²) in [6, 6.07) is 14.8. The van der Waals surface area contributed by atoms with Gasteiger partial charge in [0.15, 0.2) is 17.6 Å². The molecular weight excluding hydrogens is 318 g/mol. The Morgan fingerprint density at radius 2 is 1.88 bits per heavy atom. The molecule has 0 radical (unpaired) electrons. The minimum Gasteiger partial charge on any atom is -0.497 e. The summed E-state index contributed by atoms with van der Waals surface area (Å²) >= 11 is 0. The van der Waals surface area contributed by atoms with E-state index in [1.165, 1.54) is 0 Å². The van der Waals surface area contributed by atoms with Gasteiger partial charge in [0.2, 0.25) is 5.89 Å². The summed E-state index contributed by atoms with van der Waals surface area (Å²) in [6.45, 7) is 1.98. The van der Waals surface area contributed by atoms with Crippen LogP contribution in [0, 0.1) is 6.92 Å². The Kier molecular flexibility index (Phi) is 3.61. The minimum atomic E-state index is 0.300. The number of fused-ring (bicyclic) bond motifs is 1. The van der Waals surface area contributed by atoms with Gasteiger partial charge in [-0.05, 0) is 42.8 Å². The molecular formula is C20H15NO4. The largest absolute Gasteiger partial charge is 0.497 e. The van der Waals surface area contributed by atoms with Gasteiger partial charge in [-0.1, -0.05) is 12.1 Å². The van der Waals surface area contributed by atoms with E-state index in [9.17, 15) is 4.79 Å². The van der Waals surface area contributed by atoms with Crippen LogP contribution in [0.5, 0.6) is 5.75 Å². The zero-order chi connectivity index (χ0) is 17.4. The molecule has 25 heavy (non-hydrogen) atoms. The molecule has 0 N–H and O–H groups in total. The minimum absolute atomic E-state index is 0.300. The van der Waals surface area contributed by atoms with E-state index in [0.717, 1.165) is 28.0 Å². The van der Waals surface area contributed by atoms with Gasteiger partial charge in [0.05, 0.1) is 7.11 Å². The fraction of sp³-hybridized carbons (Fsp3) is 0.100. The number of rotatable bonds is 4. The molecule has 0 spiro atoms. The van der Waals surface area contributed by atoms with Gasteiger partial charge in [0.25, 0.3) is 0 Å². The lowest BCUT2D eigenvalue weighted by molar-refractivity contribution is 0.110. The summed E-state index contributed by atoms with van der Waals surface area (Å²) in [7, 11) is 1.62. The van der Waals surface area contributed by atoms with Crippen LogP contribution in [-0.2, 0) is 0 Å². The van der Waals surface area contributed by atoms with Crippen molar-refractivity contribution in [2.24, 2.45) is 0 Å². The lowest BCUT2D eigenvalue weighted by atomic mass is 10.0. The molecule has 5 heteroatoms. The second-order valence-electron chi connectivity index (χ2n) is 5.65. The van der Waals surface area contributed by atoms with E-state index >= 15 is 0 Å². The molecule has 124 valence electrons. The molecule has 0 aliphatic carbocycles. The molecule has 0 saturated carbocycles. The van der Waals surface area contributed by atoms with Gasteiger partial charge < -0.3 is 13.6 Å². The first kappa shape index (κ1) is 15.2. The predicted octanol–water partition coefficient (Wildman–Crippen LogP) is 4.88. The van der Waals surface area contributed by atoms with Crippen LogP contribution in [0.1, 0.15) is 16.1 Å². The molecule has 0 aliphatic rings. The molecule has 0 saturated heterocycles. The third kappa shape index (κ3) is 2.59. The number of aromatic nitrogens is 1. The zero-order valence-electron chi connectivity index (χ0n) is 13.8. The number of carbonyl (C=O) groups excluding carboxylic acids is 1. The van der Waals surface area contributed by atoms with Crippen molar-refractivity contribution in [1.29, 1.82) is 0 Å². The van der Waals surface area contributed by atoms with Crippen molar-refractivity contribution in [3.05, 3.63) is 59.9 Å². The van der Waals surface area contributed by atoms with Crippen molar-refractivity contribution in [1.82, 2.24) is 4.98 Å². The third-order valence-corrected chi connectivity index (χ3v) is 4.17. The molecule has 5 nitrogen and oxygen atoms in total. The third-order valence-electron chi connectivity index (χ3n) is 4.17. The van der Waals surface area contributed by atoms with Crippen molar-refractivity contribution in [3.8, 4) is 28.5 Å². The van der Waals surface area contributed by atoms with Crippen LogP contribution >= 0.6 is 0 Å². The Morgan fingerprint density at radius 3 is 2.64 bits per heavy atom. The van der Waals surface area contributed by atoms with Crippen LogP contribution in [0.3, 0.4) is 0 Å². The standard InChI is InChI=1S/C20H15NO4/c1-12-15(18-8-7-14(11-22)24-18)4-3-5-16(12)20-21-17-10-13(23-2)6-9-19(17)25-20/h3-11H,1-2H3. The van der Waals surface area contributed by atoms with E-state index in [0.29, 0.717) is 29.3 Å². The quantitative estimate of drug-likeness (QED) is 0.498. The van der Waals surface area contributed by atoms with Gasteiger partial charge in [-0.3, -0.25) is 4.79 Å². The van der Waals surface area contributed by atoms with Crippen molar-refractivity contribution in [3.63, 3.8) is 0 Å². The topological polar surface area (TPSA) is 65.5 Å². The van der Waals surface area contributed by atoms with E-state index in [4.69, 9.17) is 13.6 Å². The van der Waals surface area contributed by atoms with Crippen LogP contribution in [0.2, 0.25) is 0 Å². The summed E-state index contributed by atoms with van der Waals surface area (Å²) in [5.41, 5.74) is 4.16. The average Bonchev–Trinajstić information content (AvgIpc) is 3.27. The average molecular weight is 333 g/mol. The Hall–Kier alpha value is -3.34. The van der Waals surface area contributed by atoms with Crippen molar-refractivity contribution in [2.45, 2.75) is 6.92 Å². The van der Waals surface area contributed by atoms with Gasteiger partial charge in [0.1, 0.15) is 17.0 Å². The summed E-state index contributed by atoms with van der Waals surface area (Å²) in [5, 5.41) is 0. The Morgan fingerprint density at radius 1 is 1.04 bits per heavy atom. The number of benzene rings is 2. The maximum Gasteiger partial charge on any atom is 0.227 e. The molecule has 2 heterocycles. The van der Waals surface area contributed by atoms with E-state index in [-0.39, 0.29) is 0 Å². The lowest BCUT2D eigenvalue weighted by Crippen LogP contribution is -1.87. The van der Waals surface area contributed by atoms with E-state index < -0.39 is 0 Å². The van der Waals surface area contributed by atoms with E-state index in [1.54, 1.807) is 19.2 Å². The molecule has 0 atom stereocenters. The van der Waals surface area contributed by atoms with E-state index in [2.05, 4.69) is 4.98 Å². The highest BCUT2D eigenvalue weighted by molar-refractivity contribution is 5.81. The fourth-order valence-electron chi connectivity index (χ4n) is 2.84. The number of furan rings is 1. The number of methoxy groups -OCH3 is 1. The van der Waals surface area contributed by atoms with Crippen LogP contribution in [0.4, 0.5) is 0 Å². The number of carbonyl (C=O) groups is 1. The Bertz CT molecular complexity index is 1070. The Balaban J connectivity index is 1.83. The second kappa shape index (κ2) is 5.94. The lowest BCUT2D eigenvalue weighted by Gasteiger charge is -2.06. The number of hydrogen-bond donors (Lipinski definition) is 0. The summed E-state index contributed by atoms with van der Waals surface area (Å²) in [5.74, 6) is 2.20. The molecule has 0 unspecified atom stereocenters. The number of aldehydes is 1. The first-order valence-corrected chi connectivity index (χ1v) is 7.79. The van der Waals surface area contributed by atoms with Gasteiger partial charge in [-0.2, -0.15) is 0 Å². The number of ether oxygens (including phenoxy) is 1.